The van der Waals surface area contributed by atoms with Gasteiger partial charge in [-0.15, -0.1) is 0 Å². The van der Waals surface area contributed by atoms with E-state index in [-0.39, 0.29) is 18.2 Å². The van der Waals surface area contributed by atoms with E-state index in [1.807, 2.05) is 12.1 Å². The molecule has 2 aromatic carbocycles. The molecule has 1 heterocycles. The third-order valence-corrected chi connectivity index (χ3v) is 4.58. The zero-order valence-corrected chi connectivity index (χ0v) is 15.4. The van der Waals surface area contributed by atoms with E-state index in [4.69, 9.17) is 16.3 Å². The van der Waals surface area contributed by atoms with Gasteiger partial charge in [-0.3, -0.25) is 14.9 Å². The van der Waals surface area contributed by atoms with E-state index in [9.17, 15) is 14.9 Å². The smallest absolute Gasteiger partial charge is 0.269 e. The zero-order valence-electron chi connectivity index (χ0n) is 14.7. The molecule has 1 aliphatic heterocycles. The molecule has 0 aliphatic carbocycles. The summed E-state index contributed by atoms with van der Waals surface area (Å²) in [5.74, 6) is 0.0620. The Morgan fingerprint density at radius 2 is 1.85 bits per heavy atom. The van der Waals surface area contributed by atoms with E-state index < -0.39 is 4.92 Å². The number of ether oxygens (including phenoxy) is 1. The van der Waals surface area contributed by atoms with Crippen molar-refractivity contribution in [1.82, 2.24) is 0 Å². The number of hydrogen-bond donors (Lipinski definition) is 1. The van der Waals surface area contributed by atoms with Crippen LogP contribution in [0, 0.1) is 10.1 Å². The number of anilines is 2. The molecule has 7 nitrogen and oxygen atoms in total. The number of non-ortho nitro benzene ring substituents is 1. The van der Waals surface area contributed by atoms with Crippen molar-refractivity contribution in [1.29, 1.82) is 0 Å². The minimum Gasteiger partial charge on any atom is -0.484 e. The standard InChI is InChI=1S/C19H20ClN3O4/c20-14-4-9-18(22-10-2-1-3-11-22)17(12-14)21-19(24)13-27-16-7-5-15(6-8-16)23(25)26/h4-9,12H,1-3,10-11,13H2,(H,21,24). The molecular weight excluding hydrogens is 370 g/mol. The molecule has 1 N–H and O–H groups in total. The Balaban J connectivity index is 1.63. The van der Waals surface area contributed by atoms with Gasteiger partial charge in [-0.25, -0.2) is 0 Å². The fourth-order valence-electron chi connectivity index (χ4n) is 3.02. The van der Waals surface area contributed by atoms with Gasteiger partial charge in [0.1, 0.15) is 5.75 Å². The van der Waals surface area contributed by atoms with Gasteiger partial charge in [-0.05, 0) is 49.6 Å². The predicted octanol–water partition coefficient (Wildman–Crippen LogP) is 4.26. The van der Waals surface area contributed by atoms with Crippen LogP contribution in [0.4, 0.5) is 17.1 Å². The second kappa shape index (κ2) is 8.73. The van der Waals surface area contributed by atoms with E-state index >= 15 is 0 Å². The molecule has 0 unspecified atom stereocenters. The Morgan fingerprint density at radius 3 is 2.52 bits per heavy atom. The van der Waals surface area contributed by atoms with Gasteiger partial charge < -0.3 is 15.0 Å². The monoisotopic (exact) mass is 389 g/mol. The summed E-state index contributed by atoms with van der Waals surface area (Å²) in [5.41, 5.74) is 1.57. The SMILES string of the molecule is O=C(COc1ccc([N+](=O)[O-])cc1)Nc1cc(Cl)ccc1N1CCCCC1. The molecule has 3 rings (SSSR count). The maximum atomic E-state index is 12.3. The number of nitro groups is 1. The highest BCUT2D eigenvalue weighted by Gasteiger charge is 2.16. The molecule has 0 atom stereocenters. The highest BCUT2D eigenvalue weighted by Crippen LogP contribution is 2.31. The van der Waals surface area contributed by atoms with Crippen molar-refractivity contribution in [2.24, 2.45) is 0 Å². The van der Waals surface area contributed by atoms with Crippen LogP contribution in [-0.2, 0) is 4.79 Å². The first kappa shape index (κ1) is 19.0. The lowest BCUT2D eigenvalue weighted by Gasteiger charge is -2.30. The molecule has 0 radical (unpaired) electrons. The van der Waals surface area contributed by atoms with Gasteiger partial charge in [0.15, 0.2) is 6.61 Å². The van der Waals surface area contributed by atoms with Crippen LogP contribution < -0.4 is 15.0 Å². The first-order valence-electron chi connectivity index (χ1n) is 8.74. The number of nitro benzene ring substituents is 1. The lowest BCUT2D eigenvalue weighted by atomic mass is 10.1. The molecule has 0 spiro atoms. The summed E-state index contributed by atoms with van der Waals surface area (Å²) in [7, 11) is 0. The van der Waals surface area contributed by atoms with Crippen LogP contribution in [0.2, 0.25) is 5.02 Å². The Labute approximate surface area is 162 Å². The molecule has 27 heavy (non-hydrogen) atoms. The predicted molar refractivity (Wildman–Crippen MR) is 105 cm³/mol. The Kier molecular flexibility index (Phi) is 6.13. The summed E-state index contributed by atoms with van der Waals surface area (Å²) < 4.78 is 5.41. The highest BCUT2D eigenvalue weighted by molar-refractivity contribution is 6.31. The Morgan fingerprint density at radius 1 is 1.15 bits per heavy atom. The quantitative estimate of drug-likeness (QED) is 0.589. The molecule has 0 saturated carbocycles. The van der Waals surface area contributed by atoms with Gasteiger partial charge in [-0.1, -0.05) is 11.6 Å². The average Bonchev–Trinajstić information content (AvgIpc) is 2.67. The molecule has 1 amide bonds. The molecule has 8 heteroatoms. The number of nitrogens with one attached hydrogen (secondary N) is 1. The number of halogens is 1. The number of carbonyl (C=O) groups is 1. The Bertz CT molecular complexity index is 820. The maximum Gasteiger partial charge on any atom is 0.269 e. The fourth-order valence-corrected chi connectivity index (χ4v) is 3.19. The van der Waals surface area contributed by atoms with Crippen LogP contribution in [0.3, 0.4) is 0 Å². The van der Waals surface area contributed by atoms with Gasteiger partial charge in [0.25, 0.3) is 11.6 Å². The van der Waals surface area contributed by atoms with Crippen LogP contribution in [0.25, 0.3) is 0 Å². The van der Waals surface area contributed by atoms with Crippen molar-refractivity contribution in [3.8, 4) is 5.75 Å². The van der Waals surface area contributed by atoms with Gasteiger partial charge in [0, 0.05) is 30.2 Å². The van der Waals surface area contributed by atoms with E-state index in [0.717, 1.165) is 31.6 Å². The number of piperidine rings is 1. The zero-order chi connectivity index (χ0) is 19.2. The molecule has 0 bridgehead atoms. The maximum absolute atomic E-state index is 12.3. The average molecular weight is 390 g/mol. The topological polar surface area (TPSA) is 84.7 Å². The van der Waals surface area contributed by atoms with Gasteiger partial charge >= 0.3 is 0 Å². The van der Waals surface area contributed by atoms with Gasteiger partial charge in [0.2, 0.25) is 0 Å². The van der Waals surface area contributed by atoms with E-state index in [1.54, 1.807) is 6.07 Å². The van der Waals surface area contributed by atoms with E-state index in [1.165, 1.54) is 30.7 Å². The van der Waals surface area contributed by atoms with Crippen molar-refractivity contribution in [2.45, 2.75) is 19.3 Å². The summed E-state index contributed by atoms with van der Waals surface area (Å²) in [5, 5.41) is 14.1. The van der Waals surface area contributed by atoms with Crippen molar-refractivity contribution < 1.29 is 14.5 Å². The van der Waals surface area contributed by atoms with Crippen LogP contribution in [0.1, 0.15) is 19.3 Å². The second-order valence-electron chi connectivity index (χ2n) is 6.30. The van der Waals surface area contributed by atoms with E-state index in [2.05, 4.69) is 10.2 Å². The minimum absolute atomic E-state index is 0.0306. The summed E-state index contributed by atoms with van der Waals surface area (Å²) in [6, 6.07) is 11.1. The third-order valence-electron chi connectivity index (χ3n) is 4.35. The number of rotatable bonds is 6. The van der Waals surface area contributed by atoms with Gasteiger partial charge in [-0.2, -0.15) is 0 Å². The first-order valence-corrected chi connectivity index (χ1v) is 9.12. The lowest BCUT2D eigenvalue weighted by Crippen LogP contribution is -2.31. The van der Waals surface area contributed by atoms with Gasteiger partial charge in [0.05, 0.1) is 16.3 Å². The normalized spacial score (nSPS) is 13.9. The number of carbonyl (C=O) groups excluding carboxylic acids is 1. The number of benzene rings is 2. The second-order valence-corrected chi connectivity index (χ2v) is 6.73. The molecule has 2 aromatic rings. The number of amides is 1. The number of nitrogens with zero attached hydrogens (tertiary/aromatic N) is 2. The number of hydrogen-bond acceptors (Lipinski definition) is 5. The molecule has 1 fully saturated rings. The molecule has 1 saturated heterocycles. The van der Waals surface area contributed by atoms with Crippen molar-refractivity contribution in [2.75, 3.05) is 29.9 Å². The molecule has 0 aromatic heterocycles. The van der Waals surface area contributed by atoms with Crippen LogP contribution >= 0.6 is 11.6 Å². The van der Waals surface area contributed by atoms with Crippen molar-refractivity contribution >= 4 is 34.6 Å². The summed E-state index contributed by atoms with van der Waals surface area (Å²) in [6.07, 6.45) is 3.47. The van der Waals surface area contributed by atoms with Crippen molar-refractivity contribution in [3.63, 3.8) is 0 Å². The summed E-state index contributed by atoms with van der Waals surface area (Å²) in [4.78, 5) is 24.7. The van der Waals surface area contributed by atoms with Crippen LogP contribution in [0.15, 0.2) is 42.5 Å². The Hall–Kier alpha value is -2.80. The third kappa shape index (κ3) is 5.10. The summed E-state index contributed by atoms with van der Waals surface area (Å²) >= 11 is 6.10. The summed E-state index contributed by atoms with van der Waals surface area (Å²) in [6.45, 7) is 1.69. The van der Waals surface area contributed by atoms with Crippen LogP contribution in [-0.4, -0.2) is 30.5 Å². The first-order chi connectivity index (χ1) is 13.0. The molecule has 1 aliphatic rings. The van der Waals surface area contributed by atoms with Crippen molar-refractivity contribution in [3.05, 3.63) is 57.6 Å². The highest BCUT2D eigenvalue weighted by atomic mass is 35.5. The largest absolute Gasteiger partial charge is 0.484 e. The minimum atomic E-state index is -0.488. The molecule has 142 valence electrons. The van der Waals surface area contributed by atoms with Crippen LogP contribution in [0.5, 0.6) is 5.75 Å². The lowest BCUT2D eigenvalue weighted by molar-refractivity contribution is -0.384. The molecular formula is C19H20ClN3O4. The van der Waals surface area contributed by atoms with E-state index in [0.29, 0.717) is 16.5 Å². The fraction of sp³-hybridized carbons (Fsp3) is 0.316.